The number of aryl methyl sites for hydroxylation is 1. The zero-order chi connectivity index (χ0) is 18.8. The lowest BCUT2D eigenvalue weighted by molar-refractivity contribution is -0.129. The molecule has 4 rings (SSSR count). The molecular formula is C22H29N3O2. The number of benzene rings is 1. The van der Waals surface area contributed by atoms with E-state index < -0.39 is 0 Å². The first-order valence-corrected chi connectivity index (χ1v) is 10.2. The predicted octanol–water partition coefficient (Wildman–Crippen LogP) is 3.32. The van der Waals surface area contributed by atoms with E-state index in [4.69, 9.17) is 0 Å². The van der Waals surface area contributed by atoms with Gasteiger partial charge in [0.1, 0.15) is 0 Å². The molecule has 2 aliphatic rings. The first-order valence-electron chi connectivity index (χ1n) is 10.2. The summed E-state index contributed by atoms with van der Waals surface area (Å²) in [4.78, 5) is 30.1. The number of carbonyl (C=O) groups is 2. The summed E-state index contributed by atoms with van der Waals surface area (Å²) in [5.41, 5.74) is 3.60. The van der Waals surface area contributed by atoms with Crippen LogP contribution in [0.25, 0.3) is 10.9 Å². The molecule has 2 heterocycles. The molecule has 5 heteroatoms. The van der Waals surface area contributed by atoms with E-state index in [1.54, 1.807) is 0 Å². The van der Waals surface area contributed by atoms with Gasteiger partial charge in [-0.25, -0.2) is 0 Å². The van der Waals surface area contributed by atoms with E-state index in [1.165, 1.54) is 35.8 Å². The first kappa shape index (κ1) is 18.1. The number of hydrogen-bond donors (Lipinski definition) is 2. The Morgan fingerprint density at radius 3 is 2.89 bits per heavy atom. The second-order valence-electron chi connectivity index (χ2n) is 8.20. The molecule has 27 heavy (non-hydrogen) atoms. The molecule has 5 nitrogen and oxygen atoms in total. The Morgan fingerprint density at radius 1 is 1.26 bits per heavy atom. The van der Waals surface area contributed by atoms with Crippen LogP contribution in [-0.4, -0.2) is 40.8 Å². The normalized spacial score (nSPS) is 21.1. The summed E-state index contributed by atoms with van der Waals surface area (Å²) in [7, 11) is 0. The Labute approximate surface area is 160 Å². The lowest BCUT2D eigenvalue weighted by Gasteiger charge is -2.24. The fourth-order valence-corrected chi connectivity index (χ4v) is 4.48. The van der Waals surface area contributed by atoms with Crippen molar-refractivity contribution in [3.05, 3.63) is 35.5 Å². The van der Waals surface area contributed by atoms with Crippen LogP contribution in [-0.2, 0) is 16.0 Å². The summed E-state index contributed by atoms with van der Waals surface area (Å²) in [6.07, 6.45) is 9.03. The topological polar surface area (TPSA) is 65.2 Å². The van der Waals surface area contributed by atoms with Crippen molar-refractivity contribution in [2.24, 2.45) is 5.92 Å². The van der Waals surface area contributed by atoms with Gasteiger partial charge in [0.2, 0.25) is 11.8 Å². The van der Waals surface area contributed by atoms with E-state index in [-0.39, 0.29) is 17.7 Å². The zero-order valence-electron chi connectivity index (χ0n) is 16.1. The molecule has 1 aromatic carbocycles. The van der Waals surface area contributed by atoms with Crippen LogP contribution in [0.3, 0.4) is 0 Å². The molecule has 0 radical (unpaired) electrons. The van der Waals surface area contributed by atoms with Crippen LogP contribution < -0.4 is 5.32 Å². The van der Waals surface area contributed by atoms with Crippen LogP contribution in [0.4, 0.5) is 0 Å². The molecule has 144 valence electrons. The highest BCUT2D eigenvalue weighted by Crippen LogP contribution is 2.24. The van der Waals surface area contributed by atoms with Crippen molar-refractivity contribution in [2.45, 2.75) is 57.9 Å². The second kappa shape index (κ2) is 7.75. The van der Waals surface area contributed by atoms with Gasteiger partial charge < -0.3 is 15.2 Å². The first-order chi connectivity index (χ1) is 13.1. The fraction of sp³-hybridized carbons (Fsp3) is 0.545. The van der Waals surface area contributed by atoms with Gasteiger partial charge in [-0.3, -0.25) is 9.59 Å². The molecule has 1 atom stereocenters. The maximum absolute atomic E-state index is 12.6. The quantitative estimate of drug-likeness (QED) is 0.851. The number of hydrogen-bond acceptors (Lipinski definition) is 2. The summed E-state index contributed by atoms with van der Waals surface area (Å²) in [5, 5.41) is 4.41. The number of amides is 2. The van der Waals surface area contributed by atoms with Crippen LogP contribution in [0.15, 0.2) is 24.4 Å². The molecular weight excluding hydrogens is 338 g/mol. The average molecular weight is 367 g/mol. The van der Waals surface area contributed by atoms with E-state index >= 15 is 0 Å². The maximum atomic E-state index is 12.6. The Bertz CT molecular complexity index is 835. The summed E-state index contributed by atoms with van der Waals surface area (Å²) in [6, 6.07) is 6.70. The number of nitrogens with zero attached hydrogens (tertiary/aromatic N) is 1. The van der Waals surface area contributed by atoms with Crippen LogP contribution in [0.2, 0.25) is 0 Å². The molecule has 2 N–H and O–H groups in total. The van der Waals surface area contributed by atoms with Crippen LogP contribution >= 0.6 is 0 Å². The van der Waals surface area contributed by atoms with E-state index in [1.807, 2.05) is 11.1 Å². The molecule has 0 bridgehead atoms. The Balaban J connectivity index is 1.33. The zero-order valence-corrected chi connectivity index (χ0v) is 16.1. The van der Waals surface area contributed by atoms with E-state index in [2.05, 4.69) is 35.4 Å². The number of aromatic nitrogens is 1. The molecule has 1 saturated heterocycles. The van der Waals surface area contributed by atoms with Gasteiger partial charge in [0.15, 0.2) is 0 Å². The number of aromatic amines is 1. The molecule has 1 aliphatic heterocycles. The van der Waals surface area contributed by atoms with Crippen molar-refractivity contribution in [1.29, 1.82) is 0 Å². The van der Waals surface area contributed by atoms with Gasteiger partial charge in [-0.05, 0) is 43.9 Å². The Morgan fingerprint density at radius 2 is 2.07 bits per heavy atom. The van der Waals surface area contributed by atoms with Crippen molar-refractivity contribution in [2.75, 3.05) is 13.1 Å². The van der Waals surface area contributed by atoms with Crippen molar-refractivity contribution >= 4 is 22.7 Å². The van der Waals surface area contributed by atoms with Crippen molar-refractivity contribution < 1.29 is 9.59 Å². The van der Waals surface area contributed by atoms with Gasteiger partial charge in [-0.2, -0.15) is 0 Å². The SMILES string of the molecule is Cc1ccc2[nH]cc(CCN3C[C@@H](C(=O)NC4CCCCC4)CC3=O)c2c1. The highest BCUT2D eigenvalue weighted by molar-refractivity contribution is 5.89. The second-order valence-corrected chi connectivity index (χ2v) is 8.20. The highest BCUT2D eigenvalue weighted by atomic mass is 16.2. The minimum Gasteiger partial charge on any atom is -0.361 e. The summed E-state index contributed by atoms with van der Waals surface area (Å²) in [5.74, 6) is -0.0140. The minimum atomic E-state index is -0.190. The van der Waals surface area contributed by atoms with Crippen molar-refractivity contribution in [1.82, 2.24) is 15.2 Å². The molecule has 0 spiro atoms. The van der Waals surface area contributed by atoms with Gasteiger partial charge in [0, 0.05) is 42.7 Å². The van der Waals surface area contributed by atoms with Crippen LogP contribution in [0, 0.1) is 12.8 Å². The molecule has 2 aromatic rings. The average Bonchev–Trinajstić information content (AvgIpc) is 3.24. The van der Waals surface area contributed by atoms with E-state index in [0.717, 1.165) is 24.8 Å². The number of nitrogens with one attached hydrogen (secondary N) is 2. The fourth-order valence-electron chi connectivity index (χ4n) is 4.48. The maximum Gasteiger partial charge on any atom is 0.225 e. The van der Waals surface area contributed by atoms with Crippen molar-refractivity contribution in [3.63, 3.8) is 0 Å². The highest BCUT2D eigenvalue weighted by Gasteiger charge is 2.34. The third-order valence-electron chi connectivity index (χ3n) is 6.11. The molecule has 1 aromatic heterocycles. The van der Waals surface area contributed by atoms with E-state index in [9.17, 15) is 9.59 Å². The number of carbonyl (C=O) groups excluding carboxylic acids is 2. The molecule has 1 saturated carbocycles. The number of fused-ring (bicyclic) bond motifs is 1. The third-order valence-corrected chi connectivity index (χ3v) is 6.11. The van der Waals surface area contributed by atoms with Gasteiger partial charge in [-0.15, -0.1) is 0 Å². The van der Waals surface area contributed by atoms with Gasteiger partial charge >= 0.3 is 0 Å². The minimum absolute atomic E-state index is 0.0699. The summed E-state index contributed by atoms with van der Waals surface area (Å²) in [6.45, 7) is 3.32. The number of rotatable bonds is 5. The molecule has 2 amide bonds. The van der Waals surface area contributed by atoms with Crippen LogP contribution in [0.5, 0.6) is 0 Å². The smallest absolute Gasteiger partial charge is 0.225 e. The number of H-pyrrole nitrogens is 1. The predicted molar refractivity (Wildman–Crippen MR) is 106 cm³/mol. The third kappa shape index (κ3) is 4.02. The Kier molecular flexibility index (Phi) is 5.19. The van der Waals surface area contributed by atoms with Gasteiger partial charge in [-0.1, -0.05) is 30.9 Å². The van der Waals surface area contributed by atoms with E-state index in [0.29, 0.717) is 25.6 Å². The van der Waals surface area contributed by atoms with Crippen LogP contribution in [0.1, 0.15) is 49.7 Å². The lowest BCUT2D eigenvalue weighted by Crippen LogP contribution is -2.40. The summed E-state index contributed by atoms with van der Waals surface area (Å²) >= 11 is 0. The summed E-state index contributed by atoms with van der Waals surface area (Å²) < 4.78 is 0. The van der Waals surface area contributed by atoms with Gasteiger partial charge in [0.25, 0.3) is 0 Å². The largest absolute Gasteiger partial charge is 0.361 e. The standard InChI is InChI=1S/C22H29N3O2/c1-15-7-8-20-19(11-15)16(13-23-20)9-10-25-14-17(12-21(25)26)22(27)24-18-5-3-2-4-6-18/h7-8,11,13,17-18,23H,2-6,9-10,12,14H2,1H3,(H,24,27)/t17-/m0/s1. The molecule has 2 fully saturated rings. The van der Waals surface area contributed by atoms with Crippen molar-refractivity contribution in [3.8, 4) is 0 Å². The van der Waals surface area contributed by atoms with Gasteiger partial charge in [0.05, 0.1) is 5.92 Å². The Hall–Kier alpha value is -2.30. The monoisotopic (exact) mass is 367 g/mol. The number of likely N-dealkylation sites (tertiary alicyclic amines) is 1. The molecule has 1 aliphatic carbocycles. The molecule has 0 unspecified atom stereocenters. The lowest BCUT2D eigenvalue weighted by atomic mass is 9.95.